The third-order valence-electron chi connectivity index (χ3n) is 7.14. The lowest BCUT2D eigenvalue weighted by molar-refractivity contribution is -0.130. The Hall–Kier alpha value is -3.48. The van der Waals surface area contributed by atoms with Gasteiger partial charge < -0.3 is 15.0 Å². The Balaban J connectivity index is 0.000000196. The fraction of sp³-hybridized carbons (Fsp3) is 0.429. The number of hydrogen-bond donors (Lipinski definition) is 1. The quantitative estimate of drug-likeness (QED) is 0.373. The Morgan fingerprint density at radius 1 is 0.800 bits per heavy atom. The molecule has 2 saturated heterocycles. The van der Waals surface area contributed by atoms with Crippen molar-refractivity contribution in [2.45, 2.75) is 52.6 Å². The van der Waals surface area contributed by atoms with Crippen LogP contribution in [0.15, 0.2) is 65.8 Å². The molecule has 0 unspecified atom stereocenters. The van der Waals surface area contributed by atoms with Crippen molar-refractivity contribution in [3.8, 4) is 0 Å². The summed E-state index contributed by atoms with van der Waals surface area (Å²) in [4.78, 5) is 38.9. The van der Waals surface area contributed by atoms with Crippen molar-refractivity contribution >= 4 is 23.3 Å². The van der Waals surface area contributed by atoms with Crippen LogP contribution in [0.4, 0.5) is 0 Å². The van der Waals surface area contributed by atoms with Crippen LogP contribution in [0.1, 0.15) is 63.7 Å². The molecule has 2 aromatic carbocycles. The van der Waals surface area contributed by atoms with Crippen LogP contribution in [0.3, 0.4) is 0 Å². The highest BCUT2D eigenvalue weighted by atomic mass is 16.4. The second-order valence-corrected chi connectivity index (χ2v) is 9.42. The fourth-order valence-corrected chi connectivity index (χ4v) is 4.67. The van der Waals surface area contributed by atoms with Gasteiger partial charge in [0.15, 0.2) is 0 Å². The van der Waals surface area contributed by atoms with Gasteiger partial charge in [-0.2, -0.15) is 0 Å². The molecule has 0 saturated carbocycles. The van der Waals surface area contributed by atoms with Crippen LogP contribution in [0.25, 0.3) is 0 Å². The van der Waals surface area contributed by atoms with Crippen molar-refractivity contribution in [3.63, 3.8) is 0 Å². The highest BCUT2D eigenvalue weighted by Crippen LogP contribution is 2.30. The lowest BCUT2D eigenvalue weighted by atomic mass is 10.0. The first-order chi connectivity index (χ1) is 16.7. The zero-order chi connectivity index (χ0) is 25.5. The largest absolute Gasteiger partial charge is 0.411 e. The highest BCUT2D eigenvalue weighted by molar-refractivity contribution is 5.92. The van der Waals surface area contributed by atoms with Gasteiger partial charge in [0.1, 0.15) is 5.78 Å². The number of carbonyl (C=O) groups is 3. The number of Topliss-reactive ketones (excluding diaryl/α,β-unsaturated/α-hetero) is 1. The number of carbonyl (C=O) groups excluding carboxylic acids is 3. The van der Waals surface area contributed by atoms with Crippen molar-refractivity contribution in [2.75, 3.05) is 13.1 Å². The summed E-state index contributed by atoms with van der Waals surface area (Å²) < 4.78 is 0. The molecule has 2 fully saturated rings. The normalized spacial score (nSPS) is 22.0. The van der Waals surface area contributed by atoms with E-state index in [0.717, 1.165) is 11.1 Å². The predicted octanol–water partition coefficient (Wildman–Crippen LogP) is 4.63. The van der Waals surface area contributed by atoms with Crippen molar-refractivity contribution < 1.29 is 19.6 Å². The van der Waals surface area contributed by atoms with Gasteiger partial charge in [-0.1, -0.05) is 65.8 Å². The summed E-state index contributed by atoms with van der Waals surface area (Å²) in [5, 5.41) is 12.0. The number of oxime groups is 1. The maximum Gasteiger partial charge on any atom is 0.223 e. The molecule has 1 N–H and O–H groups in total. The van der Waals surface area contributed by atoms with Crippen molar-refractivity contribution in [1.29, 1.82) is 0 Å². The summed E-state index contributed by atoms with van der Waals surface area (Å²) in [6.45, 7) is 8.55. The van der Waals surface area contributed by atoms with E-state index in [1.54, 1.807) is 18.7 Å². The number of rotatable bonds is 6. The first kappa shape index (κ1) is 26.1. The van der Waals surface area contributed by atoms with E-state index in [1.165, 1.54) is 0 Å². The zero-order valence-electron chi connectivity index (χ0n) is 20.9. The van der Waals surface area contributed by atoms with Crippen LogP contribution >= 0.6 is 0 Å². The Kier molecular flexibility index (Phi) is 8.79. The van der Waals surface area contributed by atoms with Crippen LogP contribution in [-0.2, 0) is 14.4 Å². The lowest BCUT2D eigenvalue weighted by Gasteiger charge is -2.25. The molecule has 2 aromatic rings. The van der Waals surface area contributed by atoms with E-state index in [4.69, 9.17) is 5.21 Å². The molecule has 7 heteroatoms. The van der Waals surface area contributed by atoms with Gasteiger partial charge in [0.25, 0.3) is 0 Å². The fourth-order valence-electron chi connectivity index (χ4n) is 4.67. The molecular weight excluding hydrogens is 442 g/mol. The first-order valence-electron chi connectivity index (χ1n) is 12.1. The predicted molar refractivity (Wildman–Crippen MR) is 135 cm³/mol. The van der Waals surface area contributed by atoms with Gasteiger partial charge in [-0.05, 0) is 38.8 Å². The number of amides is 2. The molecule has 0 spiro atoms. The number of likely N-dealkylation sites (tertiary alicyclic amines) is 2. The molecule has 4 rings (SSSR count). The molecule has 0 aliphatic carbocycles. The summed E-state index contributed by atoms with van der Waals surface area (Å²) in [5.41, 5.74) is 2.88. The van der Waals surface area contributed by atoms with Crippen molar-refractivity contribution in [3.05, 3.63) is 71.8 Å². The third-order valence-corrected chi connectivity index (χ3v) is 7.14. The van der Waals surface area contributed by atoms with E-state index in [0.29, 0.717) is 31.6 Å². The van der Waals surface area contributed by atoms with Gasteiger partial charge in [0.05, 0.1) is 17.8 Å². The van der Waals surface area contributed by atoms with Crippen LogP contribution in [0.2, 0.25) is 0 Å². The van der Waals surface area contributed by atoms with Gasteiger partial charge in [-0.15, -0.1) is 0 Å². The van der Waals surface area contributed by atoms with E-state index in [9.17, 15) is 14.4 Å². The van der Waals surface area contributed by atoms with Crippen LogP contribution in [-0.4, -0.2) is 51.4 Å². The molecule has 0 radical (unpaired) electrons. The van der Waals surface area contributed by atoms with Gasteiger partial charge in [-0.3, -0.25) is 14.4 Å². The number of benzene rings is 2. The minimum atomic E-state index is -0.117. The maximum atomic E-state index is 12.0. The summed E-state index contributed by atoms with van der Waals surface area (Å²) in [6, 6.07) is 20.0. The Labute approximate surface area is 207 Å². The lowest BCUT2D eigenvalue weighted by Crippen LogP contribution is -2.29. The second kappa shape index (κ2) is 11.8. The number of nitrogens with zero attached hydrogens (tertiary/aromatic N) is 3. The average molecular weight is 478 g/mol. The standard InChI is InChI=1S/C14H18N2O2.C14H17NO2/c1-10(15-18)13-8-14(17)16(9-13)11(2)12-6-4-3-5-7-12;1-10(12-6-4-3-5-7-12)15-9-13(11(2)16)8-14(15)17/h3-7,11,13,18H,8-9H2,1-2H3;3-7,10,13H,8-9H2,1-2H3/b15-10-;/t11-,13-;10-,13-/m11/s1. The minimum Gasteiger partial charge on any atom is -0.411 e. The number of hydrogen-bond acceptors (Lipinski definition) is 5. The van der Waals surface area contributed by atoms with Crippen LogP contribution < -0.4 is 0 Å². The van der Waals surface area contributed by atoms with Crippen LogP contribution in [0, 0.1) is 11.8 Å². The maximum absolute atomic E-state index is 12.0. The van der Waals surface area contributed by atoms with Crippen molar-refractivity contribution in [2.24, 2.45) is 17.0 Å². The molecule has 0 bridgehead atoms. The average Bonchev–Trinajstić information content (AvgIpc) is 3.47. The van der Waals surface area contributed by atoms with E-state index < -0.39 is 0 Å². The molecule has 2 amide bonds. The van der Waals surface area contributed by atoms with E-state index in [1.807, 2.05) is 79.4 Å². The van der Waals surface area contributed by atoms with Gasteiger partial charge in [0, 0.05) is 37.8 Å². The molecule has 2 aliphatic rings. The summed E-state index contributed by atoms with van der Waals surface area (Å²) >= 11 is 0. The first-order valence-corrected chi connectivity index (χ1v) is 12.1. The van der Waals surface area contributed by atoms with Crippen molar-refractivity contribution in [1.82, 2.24) is 9.80 Å². The molecule has 4 atom stereocenters. The minimum absolute atomic E-state index is 0.0358. The zero-order valence-corrected chi connectivity index (χ0v) is 20.9. The summed E-state index contributed by atoms with van der Waals surface area (Å²) in [6.07, 6.45) is 0.805. The van der Waals surface area contributed by atoms with E-state index in [-0.39, 0.29) is 41.5 Å². The second-order valence-electron chi connectivity index (χ2n) is 9.42. The summed E-state index contributed by atoms with van der Waals surface area (Å²) in [7, 11) is 0. The Morgan fingerprint density at radius 2 is 1.20 bits per heavy atom. The monoisotopic (exact) mass is 477 g/mol. The molecule has 35 heavy (non-hydrogen) atoms. The van der Waals surface area contributed by atoms with E-state index in [2.05, 4.69) is 5.16 Å². The summed E-state index contributed by atoms with van der Waals surface area (Å²) in [5.74, 6) is 0.240. The highest BCUT2D eigenvalue weighted by Gasteiger charge is 2.36. The SMILES string of the molecule is C/C(=N/O)[C@@H]1CC(=O)N([C@H](C)c2ccccc2)C1.CC(=O)[C@@H]1CC(=O)N([C@H](C)c2ccccc2)C1. The van der Waals surface area contributed by atoms with E-state index >= 15 is 0 Å². The number of ketones is 1. The molecule has 2 heterocycles. The van der Waals surface area contributed by atoms with Crippen LogP contribution in [0.5, 0.6) is 0 Å². The Bertz CT molecular complexity index is 1050. The van der Waals surface area contributed by atoms with Gasteiger partial charge >= 0.3 is 0 Å². The molecule has 7 nitrogen and oxygen atoms in total. The third kappa shape index (κ3) is 6.35. The Morgan fingerprint density at radius 3 is 1.57 bits per heavy atom. The topological polar surface area (TPSA) is 90.3 Å². The molecule has 186 valence electrons. The smallest absolute Gasteiger partial charge is 0.223 e. The van der Waals surface area contributed by atoms with Gasteiger partial charge in [-0.25, -0.2) is 0 Å². The van der Waals surface area contributed by atoms with Gasteiger partial charge in [0.2, 0.25) is 11.8 Å². The molecular formula is C28H35N3O4. The molecule has 2 aliphatic heterocycles. The molecule has 0 aromatic heterocycles.